The molecule has 1 amide bonds. The lowest BCUT2D eigenvalue weighted by Gasteiger charge is -2.35. The monoisotopic (exact) mass is 574 g/mol. The quantitative estimate of drug-likeness (QED) is 0.247. The number of aromatic nitrogens is 1. The fraction of sp³-hybridized carbons (Fsp3) is 0.324. The van der Waals surface area contributed by atoms with Gasteiger partial charge in [0.25, 0.3) is 5.56 Å². The summed E-state index contributed by atoms with van der Waals surface area (Å²) in [7, 11) is 0. The lowest BCUT2D eigenvalue weighted by molar-refractivity contribution is -0.148. The van der Waals surface area contributed by atoms with Crippen molar-refractivity contribution in [2.45, 2.75) is 63.5 Å². The number of hydrogen-bond acceptors (Lipinski definition) is 4. The van der Waals surface area contributed by atoms with Crippen molar-refractivity contribution >= 4 is 28.4 Å². The minimum atomic E-state index is -0.890. The predicted molar refractivity (Wildman–Crippen MR) is 170 cm³/mol. The molecule has 6 rings (SSSR count). The number of benzene rings is 3. The minimum absolute atomic E-state index is 0.0806. The van der Waals surface area contributed by atoms with Crippen molar-refractivity contribution in [2.75, 3.05) is 6.61 Å². The zero-order valence-corrected chi connectivity index (χ0v) is 24.6. The Morgan fingerprint density at radius 2 is 1.58 bits per heavy atom. The van der Waals surface area contributed by atoms with Crippen molar-refractivity contribution in [3.63, 3.8) is 0 Å². The van der Waals surface area contributed by atoms with Crippen molar-refractivity contribution in [1.82, 2.24) is 9.88 Å². The Hall–Kier alpha value is -4.45. The Morgan fingerprint density at radius 1 is 0.930 bits per heavy atom. The third kappa shape index (κ3) is 5.42. The average molecular weight is 575 g/mol. The van der Waals surface area contributed by atoms with Gasteiger partial charge in [0, 0.05) is 22.9 Å². The van der Waals surface area contributed by atoms with Crippen LogP contribution in [0.25, 0.3) is 16.5 Å². The van der Waals surface area contributed by atoms with E-state index in [2.05, 4.69) is 11.9 Å². The number of hydrogen-bond donors (Lipinski definition) is 1. The lowest BCUT2D eigenvalue weighted by atomic mass is 9.69. The molecular weight excluding hydrogens is 536 g/mol. The lowest BCUT2D eigenvalue weighted by Crippen LogP contribution is -2.45. The summed E-state index contributed by atoms with van der Waals surface area (Å²) in [5.74, 6) is -1.71. The maximum absolute atomic E-state index is 15.1. The number of rotatable bonds is 7. The van der Waals surface area contributed by atoms with Gasteiger partial charge in [-0.25, -0.2) is 0 Å². The number of nitrogens with one attached hydrogen (secondary N) is 1. The molecule has 2 aliphatic rings. The first-order valence-electron chi connectivity index (χ1n) is 15.4. The molecule has 0 spiro atoms. The molecule has 6 nitrogen and oxygen atoms in total. The number of carbonyl (C=O) groups is 2. The summed E-state index contributed by atoms with van der Waals surface area (Å²) in [6.07, 6.45) is 5.59. The van der Waals surface area contributed by atoms with Gasteiger partial charge in [-0.2, -0.15) is 0 Å². The summed E-state index contributed by atoms with van der Waals surface area (Å²) in [6.45, 7) is 6.41. The van der Waals surface area contributed by atoms with Gasteiger partial charge in [0.15, 0.2) is 0 Å². The van der Waals surface area contributed by atoms with Crippen molar-refractivity contribution in [3.8, 4) is 0 Å². The summed E-state index contributed by atoms with van der Waals surface area (Å²) in [5.41, 5.74) is 3.96. The zero-order chi connectivity index (χ0) is 29.9. The number of carbonyl (C=O) groups excluding carboxylic acids is 2. The second kappa shape index (κ2) is 12.4. The maximum Gasteiger partial charge on any atom is 0.310 e. The van der Waals surface area contributed by atoms with Gasteiger partial charge in [0.2, 0.25) is 5.91 Å². The molecular formula is C37H38N2O4. The van der Waals surface area contributed by atoms with Crippen LogP contribution >= 0.6 is 0 Å². The summed E-state index contributed by atoms with van der Waals surface area (Å²) < 4.78 is 7.19. The van der Waals surface area contributed by atoms with Gasteiger partial charge in [0.05, 0.1) is 18.0 Å². The molecule has 3 unspecified atom stereocenters. The minimum Gasteiger partial charge on any atom is -0.466 e. The average Bonchev–Trinajstić information content (AvgIpc) is 3.04. The second-order valence-electron chi connectivity index (χ2n) is 11.7. The largest absolute Gasteiger partial charge is 0.466 e. The van der Waals surface area contributed by atoms with Crippen LogP contribution in [0.4, 0.5) is 0 Å². The molecule has 1 fully saturated rings. The Labute approximate surface area is 252 Å². The van der Waals surface area contributed by atoms with Gasteiger partial charge in [0.1, 0.15) is 6.04 Å². The van der Waals surface area contributed by atoms with Crippen LogP contribution in [0.5, 0.6) is 0 Å². The third-order valence-electron chi connectivity index (χ3n) is 9.01. The van der Waals surface area contributed by atoms with Crippen LogP contribution in [0.2, 0.25) is 0 Å². The first-order chi connectivity index (χ1) is 21.0. The molecule has 0 radical (unpaired) electrons. The van der Waals surface area contributed by atoms with Gasteiger partial charge < -0.3 is 10.1 Å². The van der Waals surface area contributed by atoms with Crippen LogP contribution in [-0.4, -0.2) is 29.1 Å². The van der Waals surface area contributed by atoms with E-state index in [1.54, 1.807) is 11.5 Å². The fourth-order valence-electron chi connectivity index (χ4n) is 7.11. The normalized spacial score (nSPS) is 19.4. The first kappa shape index (κ1) is 28.7. The van der Waals surface area contributed by atoms with E-state index in [0.29, 0.717) is 17.5 Å². The molecule has 220 valence electrons. The van der Waals surface area contributed by atoms with E-state index in [9.17, 15) is 9.59 Å². The summed E-state index contributed by atoms with van der Waals surface area (Å²) in [4.78, 5) is 42.8. The molecule has 0 saturated heterocycles. The van der Waals surface area contributed by atoms with Crippen molar-refractivity contribution in [2.24, 2.45) is 5.92 Å². The van der Waals surface area contributed by atoms with Crippen LogP contribution in [-0.2, 0) is 14.3 Å². The van der Waals surface area contributed by atoms with Gasteiger partial charge in [-0.1, -0.05) is 105 Å². The molecule has 6 heteroatoms. The van der Waals surface area contributed by atoms with Crippen molar-refractivity contribution in [3.05, 3.63) is 124 Å². The Bertz CT molecular complexity index is 1700. The molecule has 4 aromatic rings. The molecule has 43 heavy (non-hydrogen) atoms. The van der Waals surface area contributed by atoms with E-state index in [1.165, 1.54) is 6.42 Å². The van der Waals surface area contributed by atoms with Crippen molar-refractivity contribution < 1.29 is 14.3 Å². The van der Waals surface area contributed by atoms with Crippen LogP contribution < -0.4 is 10.9 Å². The summed E-state index contributed by atoms with van der Waals surface area (Å²) in [5, 5.41) is 4.14. The molecule has 1 heterocycles. The van der Waals surface area contributed by atoms with E-state index >= 15 is 4.79 Å². The number of amides is 1. The van der Waals surface area contributed by atoms with E-state index in [1.807, 2.05) is 84.9 Å². The molecule has 3 aromatic carbocycles. The highest BCUT2D eigenvalue weighted by Crippen LogP contribution is 2.47. The molecule has 2 aliphatic carbocycles. The van der Waals surface area contributed by atoms with Gasteiger partial charge >= 0.3 is 5.97 Å². The molecule has 1 saturated carbocycles. The van der Waals surface area contributed by atoms with Crippen LogP contribution in [0.3, 0.4) is 0 Å². The highest BCUT2D eigenvalue weighted by Gasteiger charge is 2.42. The Kier molecular flexibility index (Phi) is 8.28. The summed E-state index contributed by atoms with van der Waals surface area (Å²) in [6, 6.07) is 26.1. The smallest absolute Gasteiger partial charge is 0.310 e. The number of nitrogens with zero attached hydrogens (tertiary/aromatic N) is 1. The summed E-state index contributed by atoms with van der Waals surface area (Å²) >= 11 is 0. The van der Waals surface area contributed by atoms with E-state index in [-0.39, 0.29) is 30.1 Å². The van der Waals surface area contributed by atoms with E-state index in [0.717, 1.165) is 53.3 Å². The Morgan fingerprint density at radius 3 is 2.28 bits per heavy atom. The van der Waals surface area contributed by atoms with Gasteiger partial charge in [-0.15, -0.1) is 0 Å². The van der Waals surface area contributed by atoms with E-state index in [4.69, 9.17) is 4.74 Å². The topological polar surface area (TPSA) is 77.4 Å². The molecule has 0 aliphatic heterocycles. The number of fused-ring (bicyclic) bond motifs is 3. The van der Waals surface area contributed by atoms with Gasteiger partial charge in [-0.3, -0.25) is 19.0 Å². The molecule has 1 N–H and O–H groups in total. The van der Waals surface area contributed by atoms with Crippen LogP contribution in [0.15, 0.2) is 96.3 Å². The molecule has 1 aromatic heterocycles. The zero-order valence-electron chi connectivity index (χ0n) is 24.6. The maximum atomic E-state index is 15.1. The van der Waals surface area contributed by atoms with Crippen LogP contribution in [0.1, 0.15) is 79.7 Å². The second-order valence-corrected chi connectivity index (χ2v) is 11.7. The number of allylic oxidation sites excluding steroid dienone is 1. The van der Waals surface area contributed by atoms with Crippen LogP contribution in [0, 0.1) is 5.92 Å². The number of ether oxygens (including phenoxy) is 1. The highest BCUT2D eigenvalue weighted by atomic mass is 16.5. The van der Waals surface area contributed by atoms with Gasteiger partial charge in [-0.05, 0) is 54.5 Å². The number of para-hydroxylation sites is 1. The Balaban J connectivity index is 1.63. The van der Waals surface area contributed by atoms with E-state index < -0.39 is 17.9 Å². The standard InChI is InChI=1S/C37H38N2O4/c1-3-43-37(42)29-23-24(2)31-28-21-13-14-22-30(28)39(36(41)33(31)32(29)25-15-7-4-8-16-25)34(26-17-9-5-10-18-26)35(40)38-27-19-11-6-12-20-27/h4-5,7-10,13-18,21-22,27,29,32,34H,2-3,6,11-12,19-20,23H2,1H3,(H,38,40). The third-order valence-corrected chi connectivity index (χ3v) is 9.01. The SMILES string of the molecule is C=C1CC(C(=O)OCC)C(c2ccccc2)c2c1c1ccccc1n(C(C(=O)NC1CCCCC1)c1ccccc1)c2=O. The van der Waals surface area contributed by atoms with Crippen molar-refractivity contribution in [1.29, 1.82) is 0 Å². The molecule has 3 atom stereocenters. The highest BCUT2D eigenvalue weighted by molar-refractivity contribution is 5.97. The fourth-order valence-corrected chi connectivity index (χ4v) is 7.11. The number of pyridine rings is 1. The first-order valence-corrected chi connectivity index (χ1v) is 15.4. The number of esters is 1. The predicted octanol–water partition coefficient (Wildman–Crippen LogP) is 6.77. The molecule has 0 bridgehead atoms.